The summed E-state index contributed by atoms with van der Waals surface area (Å²) >= 11 is 11.4. The lowest BCUT2D eigenvalue weighted by Crippen LogP contribution is -2.05. The Hall–Kier alpha value is -0.350. The Morgan fingerprint density at radius 3 is 2.62 bits per heavy atom. The second-order valence-corrected chi connectivity index (χ2v) is 5.66. The van der Waals surface area contributed by atoms with E-state index in [0.29, 0.717) is 0 Å². The molecule has 0 aliphatic rings. The first-order chi connectivity index (χ1) is 7.59. The van der Waals surface area contributed by atoms with Crippen LogP contribution in [0.5, 0.6) is 0 Å². The molecule has 2 aromatic rings. The highest BCUT2D eigenvalue weighted by atomic mass is 79.9. The van der Waals surface area contributed by atoms with Crippen molar-refractivity contribution in [2.75, 3.05) is 0 Å². The third-order valence-electron chi connectivity index (χ3n) is 2.42. The summed E-state index contributed by atoms with van der Waals surface area (Å²) in [5.74, 6) is 0. The predicted molar refractivity (Wildman–Crippen MR) is 75.1 cm³/mol. The number of nitrogens with two attached hydrogens (primary N) is 1. The predicted octanol–water partition coefficient (Wildman–Crippen LogP) is 4.85. The van der Waals surface area contributed by atoms with E-state index in [1.165, 1.54) is 5.56 Å². The van der Waals surface area contributed by atoms with Crippen LogP contribution in [0.25, 0.3) is 11.1 Å². The van der Waals surface area contributed by atoms with Crippen LogP contribution in [-0.4, -0.2) is 0 Å². The Bertz CT molecular complexity index is 507. The average molecular weight is 317 g/mol. The zero-order valence-electron chi connectivity index (χ0n) is 8.71. The van der Waals surface area contributed by atoms with Gasteiger partial charge in [0.05, 0.1) is 0 Å². The molecule has 0 saturated carbocycles. The first kappa shape index (κ1) is 12.1. The topological polar surface area (TPSA) is 26.0 Å². The van der Waals surface area contributed by atoms with Crippen LogP contribution in [0.2, 0.25) is 5.02 Å². The van der Waals surface area contributed by atoms with Crippen molar-refractivity contribution >= 4 is 38.9 Å². The zero-order valence-corrected chi connectivity index (χ0v) is 11.9. The van der Waals surface area contributed by atoms with Crippen molar-refractivity contribution in [1.29, 1.82) is 0 Å². The van der Waals surface area contributed by atoms with Crippen LogP contribution in [0.15, 0.2) is 33.4 Å². The van der Waals surface area contributed by atoms with Gasteiger partial charge in [-0.3, -0.25) is 0 Å². The lowest BCUT2D eigenvalue weighted by molar-refractivity contribution is 0.819. The molecule has 0 radical (unpaired) electrons. The van der Waals surface area contributed by atoms with Gasteiger partial charge in [-0.05, 0) is 45.4 Å². The minimum absolute atomic E-state index is 0.0348. The molecule has 2 N–H and O–H groups in total. The van der Waals surface area contributed by atoms with E-state index in [4.69, 9.17) is 17.3 Å². The standard InChI is InChI=1S/C12H11BrClNS/c1-7(15)9-3-2-8(4-12(9)14)10-5-16-6-11(10)13/h2-7H,15H2,1H3. The monoisotopic (exact) mass is 315 g/mol. The average Bonchev–Trinajstić information content (AvgIpc) is 2.63. The van der Waals surface area contributed by atoms with Crippen molar-refractivity contribution in [2.24, 2.45) is 5.73 Å². The zero-order chi connectivity index (χ0) is 11.7. The number of hydrogen-bond acceptors (Lipinski definition) is 2. The van der Waals surface area contributed by atoms with E-state index in [1.54, 1.807) is 11.3 Å². The molecular weight excluding hydrogens is 306 g/mol. The molecule has 1 heterocycles. The summed E-state index contributed by atoms with van der Waals surface area (Å²) in [7, 11) is 0. The Balaban J connectivity index is 2.46. The summed E-state index contributed by atoms with van der Waals surface area (Å²) in [6, 6.07) is 5.98. The number of hydrogen-bond donors (Lipinski definition) is 1. The lowest BCUT2D eigenvalue weighted by atomic mass is 10.0. The van der Waals surface area contributed by atoms with Gasteiger partial charge in [-0.2, -0.15) is 11.3 Å². The van der Waals surface area contributed by atoms with Gasteiger partial charge < -0.3 is 5.73 Å². The van der Waals surface area contributed by atoms with Crippen LogP contribution in [0.1, 0.15) is 18.5 Å². The van der Waals surface area contributed by atoms with Crippen LogP contribution in [-0.2, 0) is 0 Å². The normalized spacial score (nSPS) is 12.8. The van der Waals surface area contributed by atoms with Gasteiger partial charge in [0.2, 0.25) is 0 Å². The molecule has 0 aliphatic carbocycles. The van der Waals surface area contributed by atoms with Gasteiger partial charge >= 0.3 is 0 Å². The summed E-state index contributed by atoms with van der Waals surface area (Å²) in [5, 5.41) is 4.88. The summed E-state index contributed by atoms with van der Waals surface area (Å²) in [6.45, 7) is 1.93. The maximum absolute atomic E-state index is 6.20. The summed E-state index contributed by atoms with van der Waals surface area (Å²) in [6.07, 6.45) is 0. The molecule has 0 aliphatic heterocycles. The maximum atomic E-state index is 6.20. The van der Waals surface area contributed by atoms with E-state index in [2.05, 4.69) is 32.8 Å². The van der Waals surface area contributed by atoms with Crippen LogP contribution in [0.3, 0.4) is 0 Å². The molecule has 0 fully saturated rings. The molecular formula is C12H11BrClNS. The van der Waals surface area contributed by atoms with Gasteiger partial charge in [0.15, 0.2) is 0 Å². The van der Waals surface area contributed by atoms with Crippen LogP contribution in [0, 0.1) is 0 Å². The Kier molecular flexibility index (Phi) is 3.70. The molecule has 2 rings (SSSR count). The molecule has 1 aromatic carbocycles. The highest BCUT2D eigenvalue weighted by molar-refractivity contribution is 9.10. The molecule has 1 nitrogen and oxygen atoms in total. The molecule has 1 aromatic heterocycles. The fourth-order valence-corrected chi connectivity index (χ4v) is 3.44. The minimum atomic E-state index is -0.0348. The molecule has 1 atom stereocenters. The van der Waals surface area contributed by atoms with Gasteiger partial charge in [0.25, 0.3) is 0 Å². The van der Waals surface area contributed by atoms with Crippen molar-refractivity contribution in [3.8, 4) is 11.1 Å². The second-order valence-electron chi connectivity index (χ2n) is 3.66. The van der Waals surface area contributed by atoms with Crippen molar-refractivity contribution in [1.82, 2.24) is 0 Å². The van der Waals surface area contributed by atoms with Crippen LogP contribution >= 0.6 is 38.9 Å². The molecule has 0 amide bonds. The minimum Gasteiger partial charge on any atom is -0.324 e. The summed E-state index contributed by atoms with van der Waals surface area (Å²) in [4.78, 5) is 0. The van der Waals surface area contributed by atoms with E-state index in [1.807, 2.05) is 19.1 Å². The number of thiophene rings is 1. The van der Waals surface area contributed by atoms with E-state index in [-0.39, 0.29) is 6.04 Å². The Labute approximate surface area is 112 Å². The van der Waals surface area contributed by atoms with Crippen molar-refractivity contribution in [3.63, 3.8) is 0 Å². The molecule has 0 bridgehead atoms. The van der Waals surface area contributed by atoms with Gasteiger partial charge in [-0.1, -0.05) is 23.7 Å². The van der Waals surface area contributed by atoms with Gasteiger partial charge in [-0.15, -0.1) is 0 Å². The van der Waals surface area contributed by atoms with Gasteiger partial charge in [0.1, 0.15) is 0 Å². The fraction of sp³-hybridized carbons (Fsp3) is 0.167. The Morgan fingerprint density at radius 2 is 2.12 bits per heavy atom. The van der Waals surface area contributed by atoms with Crippen molar-refractivity contribution in [2.45, 2.75) is 13.0 Å². The van der Waals surface area contributed by atoms with Crippen LogP contribution < -0.4 is 5.73 Å². The number of rotatable bonds is 2. The summed E-state index contributed by atoms with van der Waals surface area (Å²) < 4.78 is 1.10. The molecule has 0 spiro atoms. The van der Waals surface area contributed by atoms with E-state index >= 15 is 0 Å². The third kappa shape index (κ3) is 2.33. The maximum Gasteiger partial charge on any atom is 0.0459 e. The van der Waals surface area contributed by atoms with E-state index < -0.39 is 0 Å². The van der Waals surface area contributed by atoms with E-state index in [9.17, 15) is 0 Å². The summed E-state index contributed by atoms with van der Waals surface area (Å²) in [5.41, 5.74) is 9.09. The Morgan fingerprint density at radius 1 is 1.38 bits per heavy atom. The largest absolute Gasteiger partial charge is 0.324 e. The molecule has 0 saturated heterocycles. The molecule has 84 valence electrons. The highest BCUT2D eigenvalue weighted by Crippen LogP contribution is 2.34. The third-order valence-corrected chi connectivity index (χ3v) is 4.45. The van der Waals surface area contributed by atoms with Gasteiger partial charge in [0, 0.05) is 26.5 Å². The van der Waals surface area contributed by atoms with Crippen molar-refractivity contribution < 1.29 is 0 Å². The SMILES string of the molecule is CC(N)c1ccc(-c2cscc2Br)cc1Cl. The number of benzene rings is 1. The van der Waals surface area contributed by atoms with E-state index in [0.717, 1.165) is 20.6 Å². The highest BCUT2D eigenvalue weighted by Gasteiger charge is 2.09. The number of halogens is 2. The smallest absolute Gasteiger partial charge is 0.0459 e. The quantitative estimate of drug-likeness (QED) is 0.842. The second kappa shape index (κ2) is 4.88. The first-order valence-electron chi connectivity index (χ1n) is 4.86. The molecule has 4 heteroatoms. The van der Waals surface area contributed by atoms with Crippen LogP contribution in [0.4, 0.5) is 0 Å². The molecule has 16 heavy (non-hydrogen) atoms. The first-order valence-corrected chi connectivity index (χ1v) is 6.98. The fourth-order valence-electron chi connectivity index (χ4n) is 1.55. The van der Waals surface area contributed by atoms with Crippen molar-refractivity contribution in [3.05, 3.63) is 44.0 Å². The molecule has 1 unspecified atom stereocenters. The lowest BCUT2D eigenvalue weighted by Gasteiger charge is -2.09. The van der Waals surface area contributed by atoms with Gasteiger partial charge in [-0.25, -0.2) is 0 Å².